The molecule has 28 heavy (non-hydrogen) atoms. The number of ketones is 1. The van der Waals surface area contributed by atoms with E-state index in [0.717, 1.165) is 5.56 Å². The van der Waals surface area contributed by atoms with Crippen LogP contribution < -0.4 is 10.9 Å². The maximum Gasteiger partial charge on any atom is 0.255 e. The first-order chi connectivity index (χ1) is 13.3. The van der Waals surface area contributed by atoms with Gasteiger partial charge in [0.15, 0.2) is 5.78 Å². The number of anilines is 1. The molecule has 5 nitrogen and oxygen atoms in total. The summed E-state index contributed by atoms with van der Waals surface area (Å²) in [6.07, 6.45) is 1.56. The number of nitrogens with one attached hydrogen (secondary N) is 1. The molecule has 1 aromatic heterocycles. The summed E-state index contributed by atoms with van der Waals surface area (Å²) in [6, 6.07) is 14.4. The molecule has 1 heterocycles. The number of hydrogen-bond acceptors (Lipinski definition) is 3. The zero-order valence-electron chi connectivity index (χ0n) is 14.9. The molecular formula is C21H16Cl2N2O3. The summed E-state index contributed by atoms with van der Waals surface area (Å²) in [5.41, 5.74) is 2.01. The predicted octanol–water partition coefficient (Wildman–Crippen LogP) is 4.66. The lowest BCUT2D eigenvalue weighted by Crippen LogP contribution is -2.21. The van der Waals surface area contributed by atoms with E-state index in [1.165, 1.54) is 23.6 Å². The molecule has 0 bridgehead atoms. The van der Waals surface area contributed by atoms with Crippen LogP contribution in [-0.2, 0) is 6.54 Å². The second kappa shape index (κ2) is 8.42. The van der Waals surface area contributed by atoms with Gasteiger partial charge in [-0.1, -0.05) is 41.4 Å². The highest BCUT2D eigenvalue weighted by Gasteiger charge is 2.09. The number of benzene rings is 2. The average Bonchev–Trinajstić information content (AvgIpc) is 2.67. The van der Waals surface area contributed by atoms with Gasteiger partial charge in [0.05, 0.1) is 22.3 Å². The number of Topliss-reactive ketones (excluding diaryl/α,β-unsaturated/α-hetero) is 1. The molecule has 7 heteroatoms. The second-order valence-corrected chi connectivity index (χ2v) is 7.03. The van der Waals surface area contributed by atoms with Gasteiger partial charge >= 0.3 is 0 Å². The largest absolute Gasteiger partial charge is 0.321 e. The first-order valence-electron chi connectivity index (χ1n) is 8.40. The van der Waals surface area contributed by atoms with E-state index in [4.69, 9.17) is 23.2 Å². The molecule has 2 aromatic carbocycles. The van der Waals surface area contributed by atoms with Crippen molar-refractivity contribution in [2.75, 3.05) is 5.32 Å². The lowest BCUT2D eigenvalue weighted by atomic mass is 10.1. The van der Waals surface area contributed by atoms with Crippen LogP contribution in [-0.4, -0.2) is 16.3 Å². The van der Waals surface area contributed by atoms with Gasteiger partial charge in [-0.25, -0.2) is 0 Å². The molecule has 0 saturated heterocycles. The fourth-order valence-corrected chi connectivity index (χ4v) is 2.94. The van der Waals surface area contributed by atoms with Crippen molar-refractivity contribution < 1.29 is 9.59 Å². The van der Waals surface area contributed by atoms with Crippen molar-refractivity contribution in [1.29, 1.82) is 0 Å². The zero-order valence-corrected chi connectivity index (χ0v) is 16.4. The minimum Gasteiger partial charge on any atom is -0.321 e. The molecular weight excluding hydrogens is 399 g/mol. The van der Waals surface area contributed by atoms with E-state index in [-0.39, 0.29) is 23.8 Å². The van der Waals surface area contributed by atoms with Gasteiger partial charge in [-0.3, -0.25) is 14.4 Å². The standard InChI is InChI=1S/C21H16Cl2N2O3/c1-13(26)15-3-5-16(6-4-15)21(28)24-17-7-9-20(27)25(12-17)11-14-2-8-18(22)19(23)10-14/h2-10,12H,11H2,1H3,(H,24,28). The maximum absolute atomic E-state index is 12.4. The highest BCUT2D eigenvalue weighted by molar-refractivity contribution is 6.42. The molecule has 0 spiro atoms. The topological polar surface area (TPSA) is 68.2 Å². The molecule has 3 aromatic rings. The summed E-state index contributed by atoms with van der Waals surface area (Å²) < 4.78 is 1.47. The molecule has 3 rings (SSSR count). The van der Waals surface area contributed by atoms with Crippen molar-refractivity contribution in [2.45, 2.75) is 13.5 Å². The summed E-state index contributed by atoms with van der Waals surface area (Å²) in [5.74, 6) is -0.406. The van der Waals surface area contributed by atoms with E-state index >= 15 is 0 Å². The van der Waals surface area contributed by atoms with Crippen LogP contribution in [0.4, 0.5) is 5.69 Å². The van der Waals surface area contributed by atoms with Crippen LogP contribution in [0.2, 0.25) is 10.0 Å². The number of amides is 1. The molecule has 0 aliphatic heterocycles. The fraction of sp³-hybridized carbons (Fsp3) is 0.0952. The summed E-state index contributed by atoms with van der Waals surface area (Å²) in [6.45, 7) is 1.75. The minimum atomic E-state index is -0.338. The smallest absolute Gasteiger partial charge is 0.255 e. The lowest BCUT2D eigenvalue weighted by Gasteiger charge is -2.10. The highest BCUT2D eigenvalue weighted by Crippen LogP contribution is 2.23. The Morgan fingerprint density at radius 3 is 2.25 bits per heavy atom. The Balaban J connectivity index is 1.78. The normalized spacial score (nSPS) is 10.5. The first kappa shape index (κ1) is 19.9. The van der Waals surface area contributed by atoms with E-state index in [9.17, 15) is 14.4 Å². The Kier molecular flexibility index (Phi) is 5.97. The quantitative estimate of drug-likeness (QED) is 0.617. The lowest BCUT2D eigenvalue weighted by molar-refractivity contribution is 0.100. The van der Waals surface area contributed by atoms with Crippen LogP contribution in [0.1, 0.15) is 33.2 Å². The molecule has 0 aliphatic carbocycles. The Bertz CT molecular complexity index is 1110. The van der Waals surface area contributed by atoms with Crippen LogP contribution in [0.25, 0.3) is 0 Å². The van der Waals surface area contributed by atoms with Gasteiger partial charge in [0.25, 0.3) is 11.5 Å². The van der Waals surface area contributed by atoms with Gasteiger partial charge in [0.1, 0.15) is 0 Å². The zero-order chi connectivity index (χ0) is 20.3. The number of hydrogen-bond donors (Lipinski definition) is 1. The van der Waals surface area contributed by atoms with Gasteiger partial charge in [-0.15, -0.1) is 0 Å². The molecule has 1 N–H and O–H groups in total. The number of nitrogens with zero attached hydrogens (tertiary/aromatic N) is 1. The van der Waals surface area contributed by atoms with Gasteiger partial charge in [-0.05, 0) is 42.8 Å². The molecule has 0 aliphatic rings. The molecule has 1 amide bonds. The van der Waals surface area contributed by atoms with Crippen molar-refractivity contribution in [2.24, 2.45) is 0 Å². The molecule has 0 saturated carbocycles. The Morgan fingerprint density at radius 1 is 0.929 bits per heavy atom. The third-order valence-electron chi connectivity index (χ3n) is 4.13. The third-order valence-corrected chi connectivity index (χ3v) is 4.87. The molecule has 0 atom stereocenters. The average molecular weight is 415 g/mol. The second-order valence-electron chi connectivity index (χ2n) is 6.22. The van der Waals surface area contributed by atoms with Gasteiger partial charge in [0.2, 0.25) is 0 Å². The van der Waals surface area contributed by atoms with Crippen molar-refractivity contribution in [3.05, 3.63) is 97.9 Å². The van der Waals surface area contributed by atoms with Crippen LogP contribution in [0.3, 0.4) is 0 Å². The summed E-state index contributed by atoms with van der Waals surface area (Å²) >= 11 is 11.9. The van der Waals surface area contributed by atoms with Gasteiger partial charge in [-0.2, -0.15) is 0 Å². The number of carbonyl (C=O) groups excluding carboxylic acids is 2. The summed E-state index contributed by atoms with van der Waals surface area (Å²) in [7, 11) is 0. The Morgan fingerprint density at radius 2 is 1.61 bits per heavy atom. The van der Waals surface area contributed by atoms with Gasteiger partial charge < -0.3 is 9.88 Å². The third kappa shape index (κ3) is 4.68. The van der Waals surface area contributed by atoms with Crippen LogP contribution in [0.5, 0.6) is 0 Å². The number of pyridine rings is 1. The summed E-state index contributed by atoms with van der Waals surface area (Å²) in [5, 5.41) is 3.60. The van der Waals surface area contributed by atoms with E-state index in [1.807, 2.05) is 0 Å². The molecule has 0 fully saturated rings. The number of halogens is 2. The molecule has 0 unspecified atom stereocenters. The minimum absolute atomic E-state index is 0.0682. The molecule has 142 valence electrons. The maximum atomic E-state index is 12.4. The van der Waals surface area contributed by atoms with E-state index < -0.39 is 0 Å². The van der Waals surface area contributed by atoms with Crippen LogP contribution >= 0.6 is 23.2 Å². The van der Waals surface area contributed by atoms with E-state index in [0.29, 0.717) is 26.9 Å². The SMILES string of the molecule is CC(=O)c1ccc(C(=O)Nc2ccc(=O)n(Cc3ccc(Cl)c(Cl)c3)c2)cc1. The summed E-state index contributed by atoms with van der Waals surface area (Å²) in [4.78, 5) is 35.9. The van der Waals surface area contributed by atoms with Crippen molar-refractivity contribution >= 4 is 40.6 Å². The fourth-order valence-electron chi connectivity index (χ4n) is 2.62. The monoisotopic (exact) mass is 414 g/mol. The Hall–Kier alpha value is -2.89. The van der Waals surface area contributed by atoms with Crippen molar-refractivity contribution in [1.82, 2.24) is 4.57 Å². The predicted molar refractivity (Wildman–Crippen MR) is 111 cm³/mol. The number of rotatable bonds is 5. The van der Waals surface area contributed by atoms with Gasteiger partial charge in [0, 0.05) is 23.4 Å². The van der Waals surface area contributed by atoms with Crippen molar-refractivity contribution in [3.63, 3.8) is 0 Å². The van der Waals surface area contributed by atoms with E-state index in [2.05, 4.69) is 5.32 Å². The van der Waals surface area contributed by atoms with Crippen LogP contribution in [0, 0.1) is 0 Å². The Labute approximate surface area is 171 Å². The molecule has 0 radical (unpaired) electrons. The highest BCUT2D eigenvalue weighted by atomic mass is 35.5. The van der Waals surface area contributed by atoms with E-state index in [1.54, 1.807) is 48.7 Å². The van der Waals surface area contributed by atoms with Crippen LogP contribution in [0.15, 0.2) is 65.6 Å². The first-order valence-corrected chi connectivity index (χ1v) is 9.16. The number of carbonyl (C=O) groups is 2. The van der Waals surface area contributed by atoms with Crippen molar-refractivity contribution in [3.8, 4) is 0 Å². The number of aromatic nitrogens is 1.